The SMILES string of the molecule is Cc1cc(C)c(N2[CH-]N(c3[c-]c(Oc4[c-]c5c(cc4)C(C)(C)c4ccccc4N5c4cc(C(C)(C)C)ccn4)ccc3)c3c2cc(C(C)(C)C)cc3C(C)(C)C)c(C)c1.[Pt]. The second-order valence-electron chi connectivity index (χ2n) is 20.2. The standard InChI is InChI=1S/C54H59N4O.Pt/c1-34-26-35(2)49(36(3)27-34)57-33-56(50-44(53(10,11)12)28-38(29-47(50)57)52(7,8)9)39-18-17-19-40(31-39)59-41-22-23-43-46(32-41)58(45-21-16-15-20-42(45)54(43,13)14)48-30-37(24-25-55-48)51(4,5)6;/h15-30,33H,1-14H3;/q-3;. The summed E-state index contributed by atoms with van der Waals surface area (Å²) in [7, 11) is 0. The van der Waals surface area contributed by atoms with Gasteiger partial charge in [-0.15, -0.1) is 48.3 Å². The van der Waals surface area contributed by atoms with Crippen molar-refractivity contribution in [1.29, 1.82) is 0 Å². The van der Waals surface area contributed by atoms with Crippen LogP contribution in [0.5, 0.6) is 11.5 Å². The monoisotopic (exact) mass is 974 g/mol. The summed E-state index contributed by atoms with van der Waals surface area (Å²) in [6.07, 6.45) is 1.92. The Morgan fingerprint density at radius 1 is 0.617 bits per heavy atom. The molecule has 0 radical (unpaired) electrons. The van der Waals surface area contributed by atoms with E-state index in [2.05, 4.69) is 209 Å². The van der Waals surface area contributed by atoms with E-state index in [0.717, 1.165) is 22.9 Å². The molecule has 6 heteroatoms. The van der Waals surface area contributed by atoms with Gasteiger partial charge in [0.25, 0.3) is 0 Å². The normalized spacial score (nSPS) is 14.7. The van der Waals surface area contributed by atoms with Crippen LogP contribution in [0.2, 0.25) is 0 Å². The van der Waals surface area contributed by atoms with Crippen molar-refractivity contribution in [3.05, 3.63) is 161 Å². The van der Waals surface area contributed by atoms with Crippen molar-refractivity contribution in [2.24, 2.45) is 0 Å². The molecule has 5 nitrogen and oxygen atoms in total. The number of para-hydroxylation sites is 1. The second kappa shape index (κ2) is 15.2. The Hall–Kier alpha value is -4.86. The first-order valence-electron chi connectivity index (χ1n) is 21.0. The quantitative estimate of drug-likeness (QED) is 0.161. The largest absolute Gasteiger partial charge is 0.509 e. The van der Waals surface area contributed by atoms with Gasteiger partial charge in [0.2, 0.25) is 0 Å². The Bertz CT molecular complexity index is 2580. The number of rotatable bonds is 5. The van der Waals surface area contributed by atoms with Crippen molar-refractivity contribution < 1.29 is 25.8 Å². The second-order valence-corrected chi connectivity index (χ2v) is 20.2. The van der Waals surface area contributed by atoms with Crippen molar-refractivity contribution in [2.75, 3.05) is 14.7 Å². The molecular weight excluding hydrogens is 916 g/mol. The molecule has 0 saturated carbocycles. The number of hydrogen-bond acceptors (Lipinski definition) is 5. The van der Waals surface area contributed by atoms with Gasteiger partial charge in [0.1, 0.15) is 5.82 Å². The van der Waals surface area contributed by atoms with Crippen LogP contribution in [-0.2, 0) is 42.7 Å². The molecule has 0 aliphatic carbocycles. The van der Waals surface area contributed by atoms with Gasteiger partial charge in [-0.25, -0.2) is 4.98 Å². The third kappa shape index (κ3) is 7.68. The Balaban J connectivity index is 0.00000544. The molecule has 60 heavy (non-hydrogen) atoms. The average molecular weight is 975 g/mol. The van der Waals surface area contributed by atoms with Crippen LogP contribution in [0.3, 0.4) is 0 Å². The van der Waals surface area contributed by atoms with Crippen molar-refractivity contribution in [2.45, 2.75) is 119 Å². The van der Waals surface area contributed by atoms with Crippen LogP contribution < -0.4 is 19.4 Å². The predicted molar refractivity (Wildman–Crippen MR) is 247 cm³/mol. The van der Waals surface area contributed by atoms with Gasteiger partial charge in [-0.2, -0.15) is 12.1 Å². The van der Waals surface area contributed by atoms with E-state index in [4.69, 9.17) is 9.72 Å². The molecule has 3 heterocycles. The van der Waals surface area contributed by atoms with Crippen LogP contribution in [0.1, 0.15) is 121 Å². The zero-order chi connectivity index (χ0) is 42.4. The molecule has 314 valence electrons. The summed E-state index contributed by atoms with van der Waals surface area (Å²) in [5.41, 5.74) is 16.0. The van der Waals surface area contributed by atoms with E-state index in [1.165, 1.54) is 61.6 Å². The number of aryl methyl sites for hydroxylation is 3. The van der Waals surface area contributed by atoms with E-state index < -0.39 is 0 Å². The smallest absolute Gasteiger partial charge is 0.135 e. The van der Waals surface area contributed by atoms with Gasteiger partial charge >= 0.3 is 0 Å². The maximum absolute atomic E-state index is 6.76. The Morgan fingerprint density at radius 3 is 1.95 bits per heavy atom. The molecule has 0 bridgehead atoms. The molecule has 0 spiro atoms. The van der Waals surface area contributed by atoms with E-state index >= 15 is 0 Å². The Morgan fingerprint density at radius 2 is 1.28 bits per heavy atom. The number of anilines is 7. The van der Waals surface area contributed by atoms with Crippen LogP contribution in [0, 0.1) is 39.6 Å². The molecular formula is C54H59N4OPt-3. The molecule has 8 rings (SSSR count). The van der Waals surface area contributed by atoms with Crippen LogP contribution in [-0.4, -0.2) is 4.98 Å². The summed E-state index contributed by atoms with van der Waals surface area (Å²) in [6.45, 7) is 34.0. The molecule has 0 amide bonds. The molecule has 0 unspecified atom stereocenters. The fraction of sp³-hybridized carbons (Fsp3) is 0.333. The first-order chi connectivity index (χ1) is 27.6. The fourth-order valence-corrected chi connectivity index (χ4v) is 8.88. The molecule has 6 aromatic rings. The predicted octanol–water partition coefficient (Wildman–Crippen LogP) is 14.8. The van der Waals surface area contributed by atoms with Gasteiger partial charge in [-0.3, -0.25) is 0 Å². The van der Waals surface area contributed by atoms with Gasteiger partial charge < -0.3 is 19.4 Å². The summed E-state index contributed by atoms with van der Waals surface area (Å²) in [5.74, 6) is 2.10. The van der Waals surface area contributed by atoms with E-state index in [0.29, 0.717) is 11.5 Å². The number of ether oxygens (including phenoxy) is 1. The summed E-state index contributed by atoms with van der Waals surface area (Å²) < 4.78 is 6.76. The van der Waals surface area contributed by atoms with Crippen molar-refractivity contribution in [1.82, 2.24) is 4.98 Å². The number of fused-ring (bicyclic) bond motifs is 3. The van der Waals surface area contributed by atoms with E-state index in [-0.39, 0.29) is 42.7 Å². The van der Waals surface area contributed by atoms with E-state index in [1.807, 2.05) is 18.3 Å². The number of aromatic nitrogens is 1. The number of nitrogens with zero attached hydrogens (tertiary/aromatic N) is 4. The maximum atomic E-state index is 6.76. The summed E-state index contributed by atoms with van der Waals surface area (Å²) in [5, 5.41) is 0. The van der Waals surface area contributed by atoms with Crippen LogP contribution in [0.4, 0.5) is 39.9 Å². The minimum absolute atomic E-state index is 0. The fourth-order valence-electron chi connectivity index (χ4n) is 8.88. The minimum Gasteiger partial charge on any atom is -0.509 e. The average Bonchev–Trinajstić information content (AvgIpc) is 3.52. The molecule has 0 atom stereocenters. The van der Waals surface area contributed by atoms with Crippen LogP contribution in [0.15, 0.2) is 97.2 Å². The first-order valence-corrected chi connectivity index (χ1v) is 21.0. The van der Waals surface area contributed by atoms with Crippen molar-refractivity contribution in [3.8, 4) is 11.5 Å². The van der Waals surface area contributed by atoms with Gasteiger partial charge in [0.15, 0.2) is 0 Å². The Kier molecular flexibility index (Phi) is 11.0. The van der Waals surface area contributed by atoms with Crippen LogP contribution in [0.25, 0.3) is 0 Å². The molecule has 1 aromatic heterocycles. The van der Waals surface area contributed by atoms with Gasteiger partial charge in [0.05, 0.1) is 0 Å². The number of hydrogen-bond donors (Lipinski definition) is 0. The number of pyridine rings is 1. The molecule has 2 aliphatic rings. The van der Waals surface area contributed by atoms with E-state index in [9.17, 15) is 0 Å². The zero-order valence-corrected chi connectivity index (χ0v) is 40.1. The maximum Gasteiger partial charge on any atom is 0.135 e. The summed E-state index contributed by atoms with van der Waals surface area (Å²) >= 11 is 0. The third-order valence-electron chi connectivity index (χ3n) is 12.1. The molecule has 0 fully saturated rings. The minimum atomic E-state index is -0.262. The van der Waals surface area contributed by atoms with E-state index in [1.54, 1.807) is 0 Å². The van der Waals surface area contributed by atoms with Gasteiger partial charge in [-0.05, 0) is 100 Å². The third-order valence-corrected chi connectivity index (χ3v) is 12.1. The van der Waals surface area contributed by atoms with Crippen molar-refractivity contribution >= 4 is 39.9 Å². The van der Waals surface area contributed by atoms with Crippen molar-refractivity contribution in [3.63, 3.8) is 0 Å². The Labute approximate surface area is 374 Å². The molecule has 2 aliphatic heterocycles. The van der Waals surface area contributed by atoms with Gasteiger partial charge in [-0.1, -0.05) is 124 Å². The first kappa shape index (κ1) is 43.2. The zero-order valence-electron chi connectivity index (χ0n) is 37.8. The number of benzene rings is 5. The molecule has 0 saturated heterocycles. The molecule has 5 aromatic carbocycles. The van der Waals surface area contributed by atoms with Gasteiger partial charge in [0, 0.05) is 61.5 Å². The summed E-state index contributed by atoms with van der Waals surface area (Å²) in [6, 6.07) is 40.2. The topological polar surface area (TPSA) is 31.8 Å². The summed E-state index contributed by atoms with van der Waals surface area (Å²) in [4.78, 5) is 11.9. The van der Waals surface area contributed by atoms with Crippen LogP contribution >= 0.6 is 0 Å². The molecule has 0 N–H and O–H groups in total.